The fourth-order valence-corrected chi connectivity index (χ4v) is 4.07. The zero-order valence-electron chi connectivity index (χ0n) is 16.3. The van der Waals surface area contributed by atoms with Crippen LogP contribution in [0.1, 0.15) is 12.8 Å². The summed E-state index contributed by atoms with van der Waals surface area (Å²) in [6.45, 7) is 1.49. The lowest BCUT2D eigenvalue weighted by atomic mass is 9.97. The van der Waals surface area contributed by atoms with Crippen molar-refractivity contribution in [1.82, 2.24) is 9.88 Å². The van der Waals surface area contributed by atoms with E-state index >= 15 is 0 Å². The van der Waals surface area contributed by atoms with Crippen molar-refractivity contribution >= 4 is 46.7 Å². The van der Waals surface area contributed by atoms with Crippen molar-refractivity contribution in [3.63, 3.8) is 0 Å². The van der Waals surface area contributed by atoms with E-state index in [9.17, 15) is 9.59 Å². The Morgan fingerprint density at radius 1 is 1.27 bits per heavy atom. The molecule has 1 aromatic carbocycles. The molecule has 0 bridgehead atoms. The number of halogens is 1. The van der Waals surface area contributed by atoms with Gasteiger partial charge < -0.3 is 10.6 Å². The summed E-state index contributed by atoms with van der Waals surface area (Å²) in [4.78, 5) is 32.1. The fraction of sp³-hybridized carbons (Fsp3) is 0.333. The third-order valence-corrected chi connectivity index (χ3v) is 5.84. The van der Waals surface area contributed by atoms with Crippen LogP contribution in [0.2, 0.25) is 5.02 Å². The molecule has 7 nitrogen and oxygen atoms in total. The molecular formula is C21H22ClN5O2S. The summed E-state index contributed by atoms with van der Waals surface area (Å²) in [5.74, 6) is 0.333. The number of benzene rings is 1. The third-order valence-electron chi connectivity index (χ3n) is 4.68. The van der Waals surface area contributed by atoms with Gasteiger partial charge in [0.1, 0.15) is 5.82 Å². The average Bonchev–Trinajstić information content (AvgIpc) is 2.75. The van der Waals surface area contributed by atoms with Gasteiger partial charge in [0.25, 0.3) is 0 Å². The van der Waals surface area contributed by atoms with Gasteiger partial charge in [-0.2, -0.15) is 5.26 Å². The summed E-state index contributed by atoms with van der Waals surface area (Å²) in [5, 5.41) is 15.0. The van der Waals surface area contributed by atoms with Gasteiger partial charge in [0.05, 0.1) is 35.0 Å². The Morgan fingerprint density at radius 2 is 2.10 bits per heavy atom. The largest absolute Gasteiger partial charge is 0.324 e. The minimum atomic E-state index is -0.206. The highest BCUT2D eigenvalue weighted by Gasteiger charge is 2.27. The summed E-state index contributed by atoms with van der Waals surface area (Å²) in [5.41, 5.74) is 0.697. The fourth-order valence-electron chi connectivity index (χ4n) is 3.29. The zero-order valence-corrected chi connectivity index (χ0v) is 17.9. The lowest BCUT2D eigenvalue weighted by molar-refractivity contribution is -0.123. The van der Waals surface area contributed by atoms with Crippen LogP contribution in [-0.4, -0.2) is 47.1 Å². The number of rotatable bonds is 7. The van der Waals surface area contributed by atoms with Crippen molar-refractivity contribution in [3.05, 3.63) is 47.6 Å². The molecule has 9 heteroatoms. The number of pyridine rings is 1. The second kappa shape index (κ2) is 11.0. The molecule has 2 aromatic rings. The Hall–Kier alpha value is -2.60. The van der Waals surface area contributed by atoms with E-state index in [1.165, 1.54) is 18.0 Å². The number of likely N-dealkylation sites (tertiary alicyclic amines) is 1. The number of anilines is 2. The molecule has 2 amide bonds. The van der Waals surface area contributed by atoms with Crippen LogP contribution >= 0.6 is 23.4 Å². The SMILES string of the molecule is N#CCSc1ccccc1NC(=O)CN1CCCC(C(=O)Nc2ccc(Cl)cn2)C1. The number of hydrogen-bond donors (Lipinski definition) is 2. The van der Waals surface area contributed by atoms with Crippen molar-refractivity contribution in [2.24, 2.45) is 5.92 Å². The molecule has 1 unspecified atom stereocenters. The van der Waals surface area contributed by atoms with Crippen molar-refractivity contribution in [3.8, 4) is 6.07 Å². The van der Waals surface area contributed by atoms with Gasteiger partial charge in [-0.25, -0.2) is 4.98 Å². The van der Waals surface area contributed by atoms with E-state index in [4.69, 9.17) is 16.9 Å². The third kappa shape index (κ3) is 6.46. The van der Waals surface area contributed by atoms with Crippen molar-refractivity contribution in [2.45, 2.75) is 17.7 Å². The number of carbonyl (C=O) groups excluding carboxylic acids is 2. The van der Waals surface area contributed by atoms with E-state index in [2.05, 4.69) is 21.7 Å². The molecule has 0 aliphatic carbocycles. The van der Waals surface area contributed by atoms with Gasteiger partial charge in [0, 0.05) is 17.6 Å². The molecule has 1 aliphatic rings. The van der Waals surface area contributed by atoms with Crippen molar-refractivity contribution in [2.75, 3.05) is 36.0 Å². The van der Waals surface area contributed by atoms with Crippen LogP contribution in [0.4, 0.5) is 11.5 Å². The lowest BCUT2D eigenvalue weighted by Crippen LogP contribution is -2.44. The number of nitriles is 1. The summed E-state index contributed by atoms with van der Waals surface area (Å²) < 4.78 is 0. The van der Waals surface area contributed by atoms with E-state index in [0.29, 0.717) is 28.8 Å². The first-order valence-electron chi connectivity index (χ1n) is 9.58. The van der Waals surface area contributed by atoms with Crippen LogP contribution in [-0.2, 0) is 9.59 Å². The van der Waals surface area contributed by atoms with Gasteiger partial charge in [0.15, 0.2) is 0 Å². The highest BCUT2D eigenvalue weighted by atomic mass is 35.5. The monoisotopic (exact) mass is 443 g/mol. The molecule has 2 N–H and O–H groups in total. The predicted octanol–water partition coefficient (Wildman–Crippen LogP) is 3.64. The van der Waals surface area contributed by atoms with Crippen LogP contribution < -0.4 is 10.6 Å². The summed E-state index contributed by atoms with van der Waals surface area (Å²) in [6, 6.07) is 12.8. The van der Waals surface area contributed by atoms with E-state index < -0.39 is 0 Å². The molecule has 0 saturated carbocycles. The zero-order chi connectivity index (χ0) is 21.3. The summed E-state index contributed by atoms with van der Waals surface area (Å²) >= 11 is 7.21. The average molecular weight is 444 g/mol. The first-order chi connectivity index (χ1) is 14.5. The first-order valence-corrected chi connectivity index (χ1v) is 10.9. The number of nitrogens with one attached hydrogen (secondary N) is 2. The number of carbonyl (C=O) groups is 2. The normalized spacial score (nSPS) is 16.5. The molecule has 0 spiro atoms. The van der Waals surface area contributed by atoms with Crippen molar-refractivity contribution in [1.29, 1.82) is 5.26 Å². The van der Waals surface area contributed by atoms with Gasteiger partial charge in [-0.3, -0.25) is 14.5 Å². The Labute approximate surface area is 184 Å². The second-order valence-electron chi connectivity index (χ2n) is 6.92. The maximum atomic E-state index is 12.6. The molecule has 2 heterocycles. The molecule has 1 fully saturated rings. The highest BCUT2D eigenvalue weighted by molar-refractivity contribution is 7.99. The molecule has 156 valence electrons. The van der Waals surface area contributed by atoms with Crippen LogP contribution in [0.3, 0.4) is 0 Å². The van der Waals surface area contributed by atoms with Crippen LogP contribution in [0, 0.1) is 17.2 Å². The van der Waals surface area contributed by atoms with Gasteiger partial charge in [-0.05, 0) is 43.7 Å². The Morgan fingerprint density at radius 3 is 2.87 bits per heavy atom. The number of piperidine rings is 1. The summed E-state index contributed by atoms with van der Waals surface area (Å²) in [7, 11) is 0. The number of thioether (sulfide) groups is 1. The van der Waals surface area contributed by atoms with Gasteiger partial charge in [0.2, 0.25) is 11.8 Å². The van der Waals surface area contributed by atoms with Gasteiger partial charge in [-0.15, -0.1) is 11.8 Å². The molecule has 3 rings (SSSR count). The highest BCUT2D eigenvalue weighted by Crippen LogP contribution is 2.26. The van der Waals surface area contributed by atoms with E-state index in [1.807, 2.05) is 29.2 Å². The van der Waals surface area contributed by atoms with Crippen LogP contribution in [0.5, 0.6) is 0 Å². The van der Waals surface area contributed by atoms with E-state index in [1.54, 1.807) is 12.1 Å². The number of hydrogen-bond acceptors (Lipinski definition) is 6. The molecule has 1 saturated heterocycles. The van der Waals surface area contributed by atoms with Crippen LogP contribution in [0.15, 0.2) is 47.5 Å². The lowest BCUT2D eigenvalue weighted by Gasteiger charge is -2.31. The molecule has 1 atom stereocenters. The van der Waals surface area contributed by atoms with Crippen LogP contribution in [0.25, 0.3) is 0 Å². The summed E-state index contributed by atoms with van der Waals surface area (Å²) in [6.07, 6.45) is 3.10. The first kappa shape index (κ1) is 22.1. The molecular weight excluding hydrogens is 422 g/mol. The van der Waals surface area contributed by atoms with Crippen molar-refractivity contribution < 1.29 is 9.59 Å². The van der Waals surface area contributed by atoms with Gasteiger partial charge in [-0.1, -0.05) is 23.7 Å². The molecule has 1 aliphatic heterocycles. The van der Waals surface area contributed by atoms with Gasteiger partial charge >= 0.3 is 0 Å². The minimum absolute atomic E-state index is 0.104. The maximum Gasteiger partial charge on any atom is 0.238 e. The Bertz CT molecular complexity index is 932. The van der Waals surface area contributed by atoms with E-state index in [0.717, 1.165) is 24.3 Å². The number of aromatic nitrogens is 1. The maximum absolute atomic E-state index is 12.6. The topological polar surface area (TPSA) is 98.1 Å². The predicted molar refractivity (Wildman–Crippen MR) is 118 cm³/mol. The smallest absolute Gasteiger partial charge is 0.238 e. The molecule has 0 radical (unpaired) electrons. The minimum Gasteiger partial charge on any atom is -0.324 e. The number of amides is 2. The molecule has 1 aromatic heterocycles. The Kier molecular flexibility index (Phi) is 8.08. The molecule has 30 heavy (non-hydrogen) atoms. The standard InChI is InChI=1S/C21H22ClN5O2S/c22-16-7-8-19(24-12-16)26-21(29)15-4-3-10-27(13-15)14-20(28)25-17-5-1-2-6-18(17)30-11-9-23/h1-2,5-8,12,15H,3-4,10-11,13-14H2,(H,25,28)(H,24,26,29). The van der Waals surface area contributed by atoms with E-state index in [-0.39, 0.29) is 24.3 Å². The second-order valence-corrected chi connectivity index (χ2v) is 8.37. The number of nitrogens with zero attached hydrogens (tertiary/aromatic N) is 3. The quantitative estimate of drug-likeness (QED) is 0.634. The Balaban J connectivity index is 1.53. The number of para-hydroxylation sites is 1.